The van der Waals surface area contributed by atoms with Crippen LogP contribution in [0.5, 0.6) is 0 Å². The van der Waals surface area contributed by atoms with Crippen molar-refractivity contribution in [2.45, 2.75) is 45.3 Å². The van der Waals surface area contributed by atoms with Gasteiger partial charge in [-0.05, 0) is 36.5 Å². The third-order valence-corrected chi connectivity index (χ3v) is 3.88. The first-order chi connectivity index (χ1) is 8.70. The Morgan fingerprint density at radius 1 is 1.26 bits per heavy atom. The van der Waals surface area contributed by atoms with Crippen molar-refractivity contribution < 1.29 is 17.6 Å². The van der Waals surface area contributed by atoms with Crippen molar-refractivity contribution in [2.75, 3.05) is 5.32 Å². The average Bonchev–Trinajstić information content (AvgIpc) is 2.59. The molecule has 0 bridgehead atoms. The zero-order valence-electron chi connectivity index (χ0n) is 10.9. The largest absolute Gasteiger partial charge is 0.416 e. The van der Waals surface area contributed by atoms with Crippen molar-refractivity contribution in [2.24, 2.45) is 5.41 Å². The molecule has 0 amide bonds. The standard InChI is InChI=1S/C14H17F4N/c1-13(2)7-3-4-12(13)19-11-6-5-9(8-10(11)15)14(16,17)18/h5-6,8,12,19H,3-4,7H2,1-2H3. The Morgan fingerprint density at radius 3 is 2.42 bits per heavy atom. The molecule has 1 nitrogen and oxygen atoms in total. The molecule has 19 heavy (non-hydrogen) atoms. The van der Waals surface area contributed by atoms with Crippen LogP contribution in [0.2, 0.25) is 0 Å². The van der Waals surface area contributed by atoms with Crippen LogP contribution in [0, 0.1) is 11.2 Å². The number of hydrogen-bond acceptors (Lipinski definition) is 1. The topological polar surface area (TPSA) is 12.0 Å². The lowest BCUT2D eigenvalue weighted by atomic mass is 9.87. The summed E-state index contributed by atoms with van der Waals surface area (Å²) in [6.07, 6.45) is -1.51. The van der Waals surface area contributed by atoms with Crippen LogP contribution in [0.4, 0.5) is 23.2 Å². The first kappa shape index (κ1) is 14.2. The molecule has 1 fully saturated rings. The summed E-state index contributed by atoms with van der Waals surface area (Å²) in [7, 11) is 0. The second-order valence-corrected chi connectivity index (χ2v) is 5.77. The van der Waals surface area contributed by atoms with Gasteiger partial charge in [-0.25, -0.2) is 4.39 Å². The van der Waals surface area contributed by atoms with Gasteiger partial charge in [-0.2, -0.15) is 13.2 Å². The second kappa shape index (κ2) is 4.69. The van der Waals surface area contributed by atoms with Crippen molar-refractivity contribution in [1.29, 1.82) is 0 Å². The zero-order chi connectivity index (χ0) is 14.3. The van der Waals surface area contributed by atoms with Crippen LogP contribution in [0.15, 0.2) is 18.2 Å². The van der Waals surface area contributed by atoms with Crippen LogP contribution in [0.1, 0.15) is 38.7 Å². The van der Waals surface area contributed by atoms with Crippen LogP contribution >= 0.6 is 0 Å². The fourth-order valence-electron chi connectivity index (χ4n) is 2.59. The predicted octanol–water partition coefficient (Wildman–Crippen LogP) is 4.84. The molecular formula is C14H17F4N. The van der Waals surface area contributed by atoms with E-state index in [1.165, 1.54) is 6.07 Å². The molecule has 1 aromatic carbocycles. The molecule has 5 heteroatoms. The number of hydrogen-bond donors (Lipinski definition) is 1. The Morgan fingerprint density at radius 2 is 1.95 bits per heavy atom. The molecule has 1 aliphatic carbocycles. The molecule has 1 N–H and O–H groups in total. The number of alkyl halides is 3. The number of anilines is 1. The van der Waals surface area contributed by atoms with Crippen molar-refractivity contribution in [3.05, 3.63) is 29.6 Å². The summed E-state index contributed by atoms with van der Waals surface area (Å²) >= 11 is 0. The van der Waals surface area contributed by atoms with Crippen LogP contribution in [0.25, 0.3) is 0 Å². The van der Waals surface area contributed by atoms with E-state index in [-0.39, 0.29) is 17.1 Å². The molecule has 2 rings (SSSR count). The highest BCUT2D eigenvalue weighted by molar-refractivity contribution is 5.48. The predicted molar refractivity (Wildman–Crippen MR) is 66.4 cm³/mol. The van der Waals surface area contributed by atoms with Gasteiger partial charge in [0.2, 0.25) is 0 Å². The van der Waals surface area contributed by atoms with Gasteiger partial charge in [-0.3, -0.25) is 0 Å². The lowest BCUT2D eigenvalue weighted by molar-refractivity contribution is -0.137. The first-order valence-corrected chi connectivity index (χ1v) is 6.33. The van der Waals surface area contributed by atoms with Crippen LogP contribution in [0.3, 0.4) is 0 Å². The molecular weight excluding hydrogens is 258 g/mol. The minimum atomic E-state index is -4.51. The number of rotatable bonds is 2. The Labute approximate surface area is 110 Å². The highest BCUT2D eigenvalue weighted by atomic mass is 19.4. The molecule has 0 radical (unpaired) electrons. The number of benzene rings is 1. The summed E-state index contributed by atoms with van der Waals surface area (Å²) in [6, 6.07) is 2.73. The lowest BCUT2D eigenvalue weighted by Gasteiger charge is -2.29. The minimum Gasteiger partial charge on any atom is -0.379 e. The highest BCUT2D eigenvalue weighted by Gasteiger charge is 2.35. The van der Waals surface area contributed by atoms with Gasteiger partial charge in [0.05, 0.1) is 11.3 Å². The average molecular weight is 275 g/mol. The minimum absolute atomic E-state index is 0.0368. The Kier molecular flexibility index (Phi) is 3.49. The molecule has 0 spiro atoms. The summed E-state index contributed by atoms with van der Waals surface area (Å²) in [5, 5.41) is 3.04. The Hall–Kier alpha value is -1.26. The SMILES string of the molecule is CC1(C)CCCC1Nc1ccc(C(F)(F)F)cc1F. The van der Waals surface area contributed by atoms with Gasteiger partial charge in [0.15, 0.2) is 0 Å². The number of nitrogens with one attached hydrogen (secondary N) is 1. The van der Waals surface area contributed by atoms with Gasteiger partial charge in [0.1, 0.15) is 5.82 Å². The summed E-state index contributed by atoms with van der Waals surface area (Å²) in [5.41, 5.74) is -0.774. The maximum absolute atomic E-state index is 13.7. The highest BCUT2D eigenvalue weighted by Crippen LogP contribution is 2.39. The van der Waals surface area contributed by atoms with Crippen molar-refractivity contribution in [3.63, 3.8) is 0 Å². The molecule has 1 unspecified atom stereocenters. The van der Waals surface area contributed by atoms with E-state index >= 15 is 0 Å². The maximum Gasteiger partial charge on any atom is 0.416 e. The van der Waals surface area contributed by atoms with Crippen molar-refractivity contribution in [1.82, 2.24) is 0 Å². The van der Waals surface area contributed by atoms with E-state index in [0.29, 0.717) is 6.07 Å². The van der Waals surface area contributed by atoms with Crippen molar-refractivity contribution in [3.8, 4) is 0 Å². The van der Waals surface area contributed by atoms with E-state index < -0.39 is 17.6 Å². The molecule has 1 saturated carbocycles. The fourth-order valence-corrected chi connectivity index (χ4v) is 2.59. The van der Waals surface area contributed by atoms with Gasteiger partial charge >= 0.3 is 6.18 Å². The quantitative estimate of drug-likeness (QED) is 0.762. The maximum atomic E-state index is 13.7. The van der Waals surface area contributed by atoms with Gasteiger partial charge in [0, 0.05) is 6.04 Å². The Bertz CT molecular complexity index is 465. The summed E-state index contributed by atoms with van der Waals surface area (Å²) in [4.78, 5) is 0. The number of halogens is 4. The molecule has 0 aliphatic heterocycles. The molecule has 0 saturated heterocycles. The van der Waals surface area contributed by atoms with E-state index in [0.717, 1.165) is 25.3 Å². The lowest BCUT2D eigenvalue weighted by Crippen LogP contribution is -2.31. The zero-order valence-corrected chi connectivity index (χ0v) is 10.9. The third-order valence-electron chi connectivity index (χ3n) is 3.88. The molecule has 106 valence electrons. The Balaban J connectivity index is 2.18. The third kappa shape index (κ3) is 3.01. The van der Waals surface area contributed by atoms with Gasteiger partial charge in [0.25, 0.3) is 0 Å². The van der Waals surface area contributed by atoms with E-state index in [4.69, 9.17) is 0 Å². The normalized spacial score (nSPS) is 22.5. The first-order valence-electron chi connectivity index (χ1n) is 6.33. The summed E-state index contributed by atoms with van der Waals surface area (Å²) in [5.74, 6) is -0.850. The molecule has 1 aliphatic rings. The van der Waals surface area contributed by atoms with Crippen LogP contribution in [-0.4, -0.2) is 6.04 Å². The monoisotopic (exact) mass is 275 g/mol. The molecule has 0 heterocycles. The van der Waals surface area contributed by atoms with Gasteiger partial charge < -0.3 is 5.32 Å². The molecule has 0 aromatic heterocycles. The fraction of sp³-hybridized carbons (Fsp3) is 0.571. The van der Waals surface area contributed by atoms with Gasteiger partial charge in [-0.1, -0.05) is 20.3 Å². The molecule has 1 aromatic rings. The summed E-state index contributed by atoms with van der Waals surface area (Å²) in [6.45, 7) is 4.17. The van der Waals surface area contributed by atoms with Crippen LogP contribution in [-0.2, 0) is 6.18 Å². The van der Waals surface area contributed by atoms with Crippen molar-refractivity contribution >= 4 is 5.69 Å². The van der Waals surface area contributed by atoms with Gasteiger partial charge in [-0.15, -0.1) is 0 Å². The smallest absolute Gasteiger partial charge is 0.379 e. The van der Waals surface area contributed by atoms with E-state index in [1.807, 2.05) is 0 Å². The molecule has 1 atom stereocenters. The van der Waals surface area contributed by atoms with E-state index in [1.54, 1.807) is 0 Å². The summed E-state index contributed by atoms with van der Waals surface area (Å²) < 4.78 is 51.0. The van der Waals surface area contributed by atoms with E-state index in [2.05, 4.69) is 19.2 Å². The van der Waals surface area contributed by atoms with Crippen LogP contribution < -0.4 is 5.32 Å². The second-order valence-electron chi connectivity index (χ2n) is 5.77. The van der Waals surface area contributed by atoms with E-state index in [9.17, 15) is 17.6 Å².